The summed E-state index contributed by atoms with van der Waals surface area (Å²) in [5.74, 6) is -0.656. The standard InChI is InChI=1S/C35H38FN6O6P.C21H26FN6O6P.2Na.W/c1-4-37-34(43)42-33-40-27-18-26(30(36)29(31(27)41-33)28-16-11-17-45-28)25-19-38-32(39-20-25)35(2,3)48-49(44,46-21-23-12-7-5-8-13-23)47-22-24-14-9-6-10-15-24;1-4-23-20(29)28-19-26-13-8-12(16(22)15(17(13)27-19)14-6-5-7-33-14)11-9-24-18(25-10-11)21(2,3)34-35(30,31)32;;;/h5-10,12-15,18-20,28H,4,11,16-17,21-22H2,1-3H3,(H3,37,40,41,42,43);8-10,14H,4-7H2,1-3H3,(H2,30,31,32)(H3,23,26,27,28,29);;;/q;;2*+1;/p-2/t28-;14-;;;/m11.../s1. The van der Waals surface area contributed by atoms with Crippen LogP contribution in [0.15, 0.2) is 97.6 Å². The first-order valence-corrected chi connectivity index (χ1v) is 29.9. The molecule has 2 atom stereocenters. The molecule has 450 valence electrons. The van der Waals surface area contributed by atoms with E-state index in [9.17, 15) is 28.5 Å². The molecular weight excluding hydrogens is 1360 g/mol. The Morgan fingerprint density at radius 2 is 1.02 bits per heavy atom. The van der Waals surface area contributed by atoms with Gasteiger partial charge in [0.2, 0.25) is 11.9 Å². The van der Waals surface area contributed by atoms with Gasteiger partial charge in [-0.2, -0.15) is 0 Å². The van der Waals surface area contributed by atoms with Crippen molar-refractivity contribution in [2.24, 2.45) is 0 Å². The topological polar surface area (TPSA) is 327 Å². The number of phosphoric acid groups is 2. The number of aromatic nitrogens is 8. The quantitative estimate of drug-likeness (QED) is 0.0460. The number of benzene rings is 4. The Morgan fingerprint density at radius 1 is 0.644 bits per heavy atom. The van der Waals surface area contributed by atoms with E-state index >= 15 is 8.78 Å². The number of carbonyl (C=O) groups is 2. The molecule has 4 amide bonds. The van der Waals surface area contributed by atoms with Crippen molar-refractivity contribution in [2.45, 2.75) is 104 Å². The van der Waals surface area contributed by atoms with Gasteiger partial charge < -0.3 is 49.0 Å². The molecule has 4 aromatic heterocycles. The van der Waals surface area contributed by atoms with E-state index in [-0.39, 0.29) is 134 Å². The van der Waals surface area contributed by atoms with Gasteiger partial charge in [-0.1, -0.05) is 60.7 Å². The number of aromatic amines is 2. The maximum Gasteiger partial charge on any atom is 1.00 e. The van der Waals surface area contributed by atoms with Gasteiger partial charge in [-0.15, -0.1) is 0 Å². The summed E-state index contributed by atoms with van der Waals surface area (Å²) in [6.45, 7) is 11.4. The zero-order valence-electron chi connectivity index (χ0n) is 49.1. The van der Waals surface area contributed by atoms with Crippen LogP contribution in [0.25, 0.3) is 44.3 Å². The molecule has 87 heavy (non-hydrogen) atoms. The number of amides is 4. The Kier molecular flexibility index (Phi) is 25.6. The molecule has 31 heteroatoms. The number of ether oxygens (including phenoxy) is 2. The van der Waals surface area contributed by atoms with Crippen molar-refractivity contribution in [3.05, 3.63) is 143 Å². The smallest absolute Gasteiger partial charge is 0.790 e. The Balaban J connectivity index is 0.000000283. The molecule has 0 radical (unpaired) electrons. The van der Waals surface area contributed by atoms with E-state index in [4.69, 9.17) is 23.0 Å². The summed E-state index contributed by atoms with van der Waals surface area (Å²) in [4.78, 5) is 78.3. The number of phosphoric ester groups is 2. The molecule has 24 nitrogen and oxygen atoms in total. The van der Waals surface area contributed by atoms with Gasteiger partial charge >= 0.3 is 79.0 Å². The van der Waals surface area contributed by atoms with Gasteiger partial charge in [-0.25, -0.2) is 52.8 Å². The normalized spacial score (nSPS) is 15.1. The summed E-state index contributed by atoms with van der Waals surface area (Å²) >= 11 is 0. The molecule has 2 saturated heterocycles. The number of urea groups is 2. The number of H-pyrrole nitrogens is 2. The van der Waals surface area contributed by atoms with Crippen LogP contribution in [0.3, 0.4) is 0 Å². The predicted molar refractivity (Wildman–Crippen MR) is 301 cm³/mol. The number of anilines is 2. The van der Waals surface area contributed by atoms with Crippen molar-refractivity contribution in [1.82, 2.24) is 50.5 Å². The fraction of sp³-hybridized carbons (Fsp3) is 0.357. The van der Waals surface area contributed by atoms with Gasteiger partial charge in [-0.05, 0) is 90.5 Å². The van der Waals surface area contributed by atoms with Crippen LogP contribution in [0.5, 0.6) is 0 Å². The van der Waals surface area contributed by atoms with Gasteiger partial charge in [0.15, 0.2) is 11.6 Å². The molecule has 0 bridgehead atoms. The molecule has 0 unspecified atom stereocenters. The second kappa shape index (κ2) is 31.3. The molecule has 6 N–H and O–H groups in total. The number of fused-ring (bicyclic) bond motifs is 2. The maximum atomic E-state index is 16.4. The van der Waals surface area contributed by atoms with Crippen molar-refractivity contribution in [3.63, 3.8) is 0 Å². The van der Waals surface area contributed by atoms with E-state index in [2.05, 4.69) is 65.7 Å². The van der Waals surface area contributed by atoms with E-state index in [0.717, 1.165) is 24.0 Å². The molecule has 2 aliphatic heterocycles. The zero-order valence-corrected chi connectivity index (χ0v) is 57.8. The van der Waals surface area contributed by atoms with E-state index in [1.54, 1.807) is 33.8 Å². The minimum Gasteiger partial charge on any atom is -0.790 e. The van der Waals surface area contributed by atoms with Crippen molar-refractivity contribution in [1.29, 1.82) is 0 Å². The zero-order chi connectivity index (χ0) is 59.8. The number of hydrogen-bond donors (Lipinski definition) is 6. The van der Waals surface area contributed by atoms with Gasteiger partial charge in [0.25, 0.3) is 0 Å². The Bertz CT molecular complexity index is 3670. The van der Waals surface area contributed by atoms with Crippen LogP contribution in [-0.4, -0.2) is 78.2 Å². The van der Waals surface area contributed by atoms with Crippen LogP contribution in [0.2, 0.25) is 0 Å². The van der Waals surface area contributed by atoms with Crippen molar-refractivity contribution in [3.8, 4) is 22.3 Å². The molecule has 0 spiro atoms. The first-order valence-electron chi connectivity index (χ1n) is 27.0. The summed E-state index contributed by atoms with van der Waals surface area (Å²) in [6.07, 6.45) is 7.32. The van der Waals surface area contributed by atoms with Crippen LogP contribution in [-0.2, 0) is 82.2 Å². The van der Waals surface area contributed by atoms with Crippen LogP contribution >= 0.6 is 15.6 Å². The minimum absolute atomic E-state index is 0. The van der Waals surface area contributed by atoms with Crippen LogP contribution in [0, 0.1) is 11.6 Å². The van der Waals surface area contributed by atoms with Gasteiger partial charge in [0.05, 0.1) is 55.3 Å². The second-order valence-electron chi connectivity index (χ2n) is 20.4. The summed E-state index contributed by atoms with van der Waals surface area (Å²) in [5, 5.41) is 10.5. The molecule has 2 fully saturated rings. The SMILES string of the molecule is CCNC(=O)Nc1nc2c([C@H]3CCCO3)c(F)c(-c3cnc(C(C)(C)OP(=O)(OCc4ccccc4)OCc4ccccc4)nc3)cc2[nH]1.CCNC(=O)Nc1nc2c([C@H]3CCCO3)c(F)c(-c3cnc(C(C)(C)OP(=O)([O-])[O-])nc3)cc2[nH]1.[Na+].[Na+].[W]. The third-order valence-corrected chi connectivity index (χ3v) is 15.5. The number of hydrogen-bond acceptors (Lipinski definition) is 18. The summed E-state index contributed by atoms with van der Waals surface area (Å²) < 4.78 is 91.1. The largest absolute Gasteiger partial charge is 1.00 e. The van der Waals surface area contributed by atoms with E-state index in [0.29, 0.717) is 77.9 Å². The van der Waals surface area contributed by atoms with Gasteiger partial charge in [0.1, 0.15) is 22.8 Å². The molecule has 0 aliphatic carbocycles. The van der Waals surface area contributed by atoms with Crippen LogP contribution < -0.4 is 90.2 Å². The average Bonchev–Trinajstić information content (AvgIpc) is 1.75. The van der Waals surface area contributed by atoms with Crippen molar-refractivity contribution < 1.29 is 145 Å². The third kappa shape index (κ3) is 18.2. The molecule has 8 aromatic rings. The van der Waals surface area contributed by atoms with Crippen LogP contribution in [0.4, 0.5) is 30.3 Å². The molecule has 2 aliphatic rings. The third-order valence-electron chi connectivity index (χ3n) is 13.3. The molecule has 0 saturated carbocycles. The predicted octanol–water partition coefficient (Wildman–Crippen LogP) is 4.18. The number of imidazole rings is 2. The van der Waals surface area contributed by atoms with Crippen molar-refractivity contribution in [2.75, 3.05) is 36.9 Å². The fourth-order valence-corrected chi connectivity index (χ4v) is 11.5. The number of halogens is 2. The van der Waals surface area contributed by atoms with Crippen molar-refractivity contribution >= 4 is 61.7 Å². The number of nitrogens with one attached hydrogen (secondary N) is 6. The molecule has 6 heterocycles. The first kappa shape index (κ1) is 71.3. The summed E-state index contributed by atoms with van der Waals surface area (Å²) in [6, 6.07) is 20.8. The maximum absolute atomic E-state index is 16.4. The first-order chi connectivity index (χ1) is 40.1. The summed E-state index contributed by atoms with van der Waals surface area (Å²) in [5.41, 5.74) is 1.91. The average molecular weight is 1420 g/mol. The van der Waals surface area contributed by atoms with E-state index in [1.807, 2.05) is 60.7 Å². The second-order valence-corrected chi connectivity index (χ2v) is 23.1. The number of nitrogens with zero attached hydrogens (tertiary/aromatic N) is 6. The molecular formula is C56H62F2N12Na2O12P2W. The number of carbonyl (C=O) groups excluding carboxylic acids is 2. The van der Waals surface area contributed by atoms with Crippen LogP contribution in [0.1, 0.15) is 113 Å². The fourth-order valence-electron chi connectivity index (χ4n) is 9.41. The Morgan fingerprint density at radius 3 is 1.37 bits per heavy atom. The molecule has 10 rings (SSSR count). The Labute approximate surface area is 558 Å². The van der Waals surface area contributed by atoms with Gasteiger partial charge in [-0.3, -0.25) is 24.2 Å². The Hall–Kier alpha value is -4.79. The minimum atomic E-state index is -5.29. The number of rotatable bonds is 20. The van der Waals surface area contributed by atoms with E-state index in [1.165, 1.54) is 44.7 Å². The van der Waals surface area contributed by atoms with Gasteiger partial charge in [0, 0.05) is 106 Å². The summed E-state index contributed by atoms with van der Waals surface area (Å²) in [7, 11) is -9.46. The van der Waals surface area contributed by atoms with E-state index < -0.39 is 62.8 Å². The monoisotopic (exact) mass is 1420 g/mol. The molecule has 4 aromatic carbocycles.